The van der Waals surface area contributed by atoms with Crippen LogP contribution in [0.4, 0.5) is 0 Å². The molecule has 0 aliphatic carbocycles. The second kappa shape index (κ2) is 6.38. The topological polar surface area (TPSA) is 57.5 Å². The average Bonchev–Trinajstić information content (AvgIpc) is 2.16. The molecule has 0 radical (unpaired) electrons. The molecule has 0 aromatic carbocycles. The van der Waals surface area contributed by atoms with Crippen LogP contribution in [0.5, 0.6) is 0 Å². The summed E-state index contributed by atoms with van der Waals surface area (Å²) >= 11 is 1.34. The lowest BCUT2D eigenvalue weighted by molar-refractivity contribution is -0.137. The number of thioether (sulfide) groups is 1. The largest absolute Gasteiger partial charge is 0.480 e. The van der Waals surface area contributed by atoms with E-state index in [4.69, 9.17) is 5.11 Å². The summed E-state index contributed by atoms with van der Waals surface area (Å²) in [6, 6.07) is 0. The van der Waals surface area contributed by atoms with Gasteiger partial charge in [0.1, 0.15) is 5.25 Å². The minimum absolute atomic E-state index is 0.0884. The van der Waals surface area contributed by atoms with Gasteiger partial charge in [-0.25, -0.2) is 0 Å². The molecule has 0 fully saturated rings. The molecule has 1 atom stereocenters. The summed E-state index contributed by atoms with van der Waals surface area (Å²) in [4.78, 5) is 10.9. The van der Waals surface area contributed by atoms with Crippen molar-refractivity contribution in [2.75, 3.05) is 5.75 Å². The lowest BCUT2D eigenvalue weighted by Gasteiger charge is -2.27. The highest BCUT2D eigenvalue weighted by Crippen LogP contribution is 2.27. The highest BCUT2D eigenvalue weighted by molar-refractivity contribution is 8.00. The van der Waals surface area contributed by atoms with Crippen LogP contribution in [0.1, 0.15) is 40.5 Å². The molecule has 0 saturated heterocycles. The lowest BCUT2D eigenvalue weighted by atomic mass is 10.0. The molecular formula is C11H22O3S. The van der Waals surface area contributed by atoms with Gasteiger partial charge in [-0.3, -0.25) is 4.79 Å². The second-order valence-electron chi connectivity index (χ2n) is 4.25. The van der Waals surface area contributed by atoms with Crippen LogP contribution in [-0.2, 0) is 4.79 Å². The van der Waals surface area contributed by atoms with Crippen LogP contribution in [0, 0.1) is 5.92 Å². The molecule has 0 aromatic heterocycles. The molecule has 15 heavy (non-hydrogen) atoms. The Bertz CT molecular complexity index is 200. The maximum Gasteiger partial charge on any atom is 0.316 e. The molecule has 0 heterocycles. The Hall–Kier alpha value is -0.220. The zero-order valence-electron chi connectivity index (χ0n) is 9.99. The van der Waals surface area contributed by atoms with Gasteiger partial charge in [0, 0.05) is 5.75 Å². The molecule has 0 aromatic rings. The highest BCUT2D eigenvalue weighted by Gasteiger charge is 2.28. The van der Waals surface area contributed by atoms with E-state index >= 15 is 0 Å². The number of hydrogen-bond donors (Lipinski definition) is 2. The molecule has 0 amide bonds. The van der Waals surface area contributed by atoms with Gasteiger partial charge >= 0.3 is 5.97 Å². The maximum atomic E-state index is 10.9. The molecule has 3 nitrogen and oxygen atoms in total. The standard InChI is InChI=1S/C11H22O3S/c1-5-11(14,6-2)7-15-9(8(3)4)10(12)13/h8-9,14H,5-7H2,1-4H3,(H,12,13). The van der Waals surface area contributed by atoms with Crippen molar-refractivity contribution in [3.05, 3.63) is 0 Å². The number of carbonyl (C=O) groups is 1. The Morgan fingerprint density at radius 1 is 1.33 bits per heavy atom. The number of aliphatic hydroxyl groups is 1. The van der Waals surface area contributed by atoms with Gasteiger partial charge in [0.15, 0.2) is 0 Å². The molecule has 0 rings (SSSR count). The molecule has 1 unspecified atom stereocenters. The van der Waals surface area contributed by atoms with Crippen molar-refractivity contribution < 1.29 is 15.0 Å². The van der Waals surface area contributed by atoms with E-state index in [0.29, 0.717) is 18.6 Å². The van der Waals surface area contributed by atoms with Gasteiger partial charge < -0.3 is 10.2 Å². The normalized spacial score (nSPS) is 14.3. The van der Waals surface area contributed by atoms with Crippen molar-refractivity contribution in [3.63, 3.8) is 0 Å². The summed E-state index contributed by atoms with van der Waals surface area (Å²) in [6.07, 6.45) is 1.34. The Kier molecular flexibility index (Phi) is 6.29. The smallest absolute Gasteiger partial charge is 0.316 e. The Labute approximate surface area is 96.3 Å². The fourth-order valence-corrected chi connectivity index (χ4v) is 2.67. The van der Waals surface area contributed by atoms with Crippen LogP contribution in [0.15, 0.2) is 0 Å². The zero-order chi connectivity index (χ0) is 12.1. The third-order valence-corrected chi connectivity index (χ3v) is 4.51. The van der Waals surface area contributed by atoms with E-state index < -0.39 is 16.8 Å². The van der Waals surface area contributed by atoms with E-state index in [0.717, 1.165) is 0 Å². The quantitative estimate of drug-likeness (QED) is 0.710. The summed E-state index contributed by atoms with van der Waals surface area (Å²) in [7, 11) is 0. The van der Waals surface area contributed by atoms with Crippen LogP contribution in [-0.4, -0.2) is 32.8 Å². The average molecular weight is 234 g/mol. The molecular weight excluding hydrogens is 212 g/mol. The fraction of sp³-hybridized carbons (Fsp3) is 0.909. The summed E-state index contributed by atoms with van der Waals surface area (Å²) < 4.78 is 0. The number of hydrogen-bond acceptors (Lipinski definition) is 3. The van der Waals surface area contributed by atoms with Crippen molar-refractivity contribution in [1.29, 1.82) is 0 Å². The minimum atomic E-state index is -0.787. The number of carboxylic acid groups (broad SMARTS) is 1. The first kappa shape index (κ1) is 14.8. The molecule has 90 valence electrons. The van der Waals surface area contributed by atoms with Crippen LogP contribution < -0.4 is 0 Å². The van der Waals surface area contributed by atoms with E-state index in [9.17, 15) is 9.90 Å². The Morgan fingerprint density at radius 3 is 2.07 bits per heavy atom. The highest BCUT2D eigenvalue weighted by atomic mass is 32.2. The van der Waals surface area contributed by atoms with Gasteiger partial charge in [0.2, 0.25) is 0 Å². The minimum Gasteiger partial charge on any atom is -0.480 e. The van der Waals surface area contributed by atoms with E-state index in [1.165, 1.54) is 11.8 Å². The van der Waals surface area contributed by atoms with Crippen molar-refractivity contribution in [3.8, 4) is 0 Å². The van der Waals surface area contributed by atoms with Crippen LogP contribution in [0.2, 0.25) is 0 Å². The Morgan fingerprint density at radius 2 is 1.80 bits per heavy atom. The first-order chi connectivity index (χ1) is 6.86. The molecule has 0 aliphatic heterocycles. The van der Waals surface area contributed by atoms with Crippen LogP contribution in [0.3, 0.4) is 0 Å². The predicted molar refractivity (Wildman–Crippen MR) is 64.3 cm³/mol. The fourth-order valence-electron chi connectivity index (χ4n) is 1.25. The summed E-state index contributed by atoms with van der Waals surface area (Å²) in [5.41, 5.74) is -0.715. The van der Waals surface area contributed by atoms with E-state index in [1.54, 1.807) is 0 Å². The second-order valence-corrected chi connectivity index (χ2v) is 5.38. The van der Waals surface area contributed by atoms with Crippen LogP contribution >= 0.6 is 11.8 Å². The molecule has 4 heteroatoms. The first-order valence-electron chi connectivity index (χ1n) is 5.43. The van der Waals surface area contributed by atoms with E-state index in [1.807, 2.05) is 27.7 Å². The molecule has 0 aliphatic rings. The van der Waals surface area contributed by atoms with Gasteiger partial charge in [-0.15, -0.1) is 11.8 Å². The molecule has 0 spiro atoms. The van der Waals surface area contributed by atoms with Gasteiger partial charge in [0.25, 0.3) is 0 Å². The summed E-state index contributed by atoms with van der Waals surface area (Å²) in [5.74, 6) is -0.204. The first-order valence-corrected chi connectivity index (χ1v) is 6.48. The Balaban J connectivity index is 4.27. The summed E-state index contributed by atoms with van der Waals surface area (Å²) in [6.45, 7) is 7.63. The SMILES string of the molecule is CCC(O)(CC)CSC(C(=O)O)C(C)C. The predicted octanol–water partition coefficient (Wildman–Crippen LogP) is 2.38. The van der Waals surface area contributed by atoms with Crippen molar-refractivity contribution >= 4 is 17.7 Å². The lowest BCUT2D eigenvalue weighted by Crippen LogP contribution is -2.33. The van der Waals surface area contributed by atoms with Crippen molar-refractivity contribution in [2.45, 2.75) is 51.4 Å². The number of carboxylic acids is 1. The van der Waals surface area contributed by atoms with E-state index in [-0.39, 0.29) is 5.92 Å². The number of aliphatic carboxylic acids is 1. The van der Waals surface area contributed by atoms with Gasteiger partial charge in [-0.1, -0.05) is 27.7 Å². The van der Waals surface area contributed by atoms with Gasteiger partial charge in [0.05, 0.1) is 5.60 Å². The van der Waals surface area contributed by atoms with Crippen molar-refractivity contribution in [1.82, 2.24) is 0 Å². The van der Waals surface area contributed by atoms with Gasteiger partial charge in [-0.2, -0.15) is 0 Å². The zero-order valence-corrected chi connectivity index (χ0v) is 10.8. The van der Waals surface area contributed by atoms with Gasteiger partial charge in [-0.05, 0) is 18.8 Å². The maximum absolute atomic E-state index is 10.9. The van der Waals surface area contributed by atoms with Crippen molar-refractivity contribution in [2.24, 2.45) is 5.92 Å². The van der Waals surface area contributed by atoms with E-state index in [2.05, 4.69) is 0 Å². The van der Waals surface area contributed by atoms with Crippen LogP contribution in [0.25, 0.3) is 0 Å². The third-order valence-electron chi connectivity index (χ3n) is 2.70. The summed E-state index contributed by atoms with van der Waals surface area (Å²) in [5, 5.41) is 18.6. The molecule has 2 N–H and O–H groups in total. The monoisotopic (exact) mass is 234 g/mol. The molecule has 0 saturated carbocycles. The number of rotatable bonds is 7. The molecule has 0 bridgehead atoms. The third kappa shape index (κ3) is 4.89.